The Kier molecular flexibility index (Phi) is 4.92. The van der Waals surface area contributed by atoms with Gasteiger partial charge in [0.25, 0.3) is 0 Å². The predicted molar refractivity (Wildman–Crippen MR) is 99.8 cm³/mol. The summed E-state index contributed by atoms with van der Waals surface area (Å²) in [4.78, 5) is 18.3. The first-order chi connectivity index (χ1) is 13.6. The van der Waals surface area contributed by atoms with Crippen LogP contribution < -0.4 is 10.1 Å². The van der Waals surface area contributed by atoms with Gasteiger partial charge in [0.2, 0.25) is 5.89 Å². The summed E-state index contributed by atoms with van der Waals surface area (Å²) in [6.45, 7) is 0.979. The Hall–Kier alpha value is -3.42. The summed E-state index contributed by atoms with van der Waals surface area (Å²) in [6.07, 6.45) is 0.509. The molecule has 1 aliphatic heterocycles. The molecule has 1 aromatic heterocycles. The highest BCUT2D eigenvalue weighted by atomic mass is 19.1. The molecule has 8 heteroatoms. The molecular weight excluding hydrogens is 363 g/mol. The second-order valence-corrected chi connectivity index (χ2v) is 6.58. The second-order valence-electron chi connectivity index (χ2n) is 6.58. The third-order valence-corrected chi connectivity index (χ3v) is 4.64. The third kappa shape index (κ3) is 3.80. The SMILES string of the molecule is COc1ccccc1Cc1noc(C2CN(C(=O)Nc3ccc(F)cc3)C2)n1. The van der Waals surface area contributed by atoms with Crippen molar-refractivity contribution in [3.05, 3.63) is 71.6 Å². The fraction of sp³-hybridized carbons (Fsp3) is 0.250. The minimum atomic E-state index is -0.345. The quantitative estimate of drug-likeness (QED) is 0.731. The zero-order valence-electron chi connectivity index (χ0n) is 15.3. The van der Waals surface area contributed by atoms with Crippen LogP contribution in [0, 0.1) is 5.82 Å². The van der Waals surface area contributed by atoms with E-state index in [-0.39, 0.29) is 17.8 Å². The molecule has 1 aliphatic rings. The van der Waals surface area contributed by atoms with Crippen molar-refractivity contribution in [1.82, 2.24) is 15.0 Å². The summed E-state index contributed by atoms with van der Waals surface area (Å²) in [5.74, 6) is 1.55. The maximum Gasteiger partial charge on any atom is 0.321 e. The Balaban J connectivity index is 1.32. The number of ether oxygens (including phenoxy) is 1. The van der Waals surface area contributed by atoms with Crippen LogP contribution in [0.4, 0.5) is 14.9 Å². The number of carbonyl (C=O) groups excluding carboxylic acids is 1. The van der Waals surface area contributed by atoms with Gasteiger partial charge in [-0.2, -0.15) is 4.98 Å². The lowest BCUT2D eigenvalue weighted by Crippen LogP contribution is -2.50. The number of likely N-dealkylation sites (tertiary alicyclic amines) is 1. The molecule has 2 heterocycles. The van der Waals surface area contributed by atoms with Crippen LogP contribution in [0.5, 0.6) is 5.75 Å². The normalized spacial score (nSPS) is 13.9. The van der Waals surface area contributed by atoms with Crippen molar-refractivity contribution in [1.29, 1.82) is 0 Å². The number of amides is 2. The largest absolute Gasteiger partial charge is 0.496 e. The number of methoxy groups -OCH3 is 1. The molecular formula is C20H19FN4O3. The second kappa shape index (κ2) is 7.67. The van der Waals surface area contributed by atoms with E-state index < -0.39 is 0 Å². The Morgan fingerprint density at radius 2 is 2.00 bits per heavy atom. The van der Waals surface area contributed by atoms with Crippen LogP contribution in [0.1, 0.15) is 23.2 Å². The molecule has 3 aromatic rings. The highest BCUT2D eigenvalue weighted by Crippen LogP contribution is 2.27. The van der Waals surface area contributed by atoms with E-state index in [1.807, 2.05) is 24.3 Å². The fourth-order valence-corrected chi connectivity index (χ4v) is 3.06. The summed E-state index contributed by atoms with van der Waals surface area (Å²) < 4.78 is 23.6. The van der Waals surface area contributed by atoms with Crippen molar-refractivity contribution >= 4 is 11.7 Å². The average Bonchev–Trinajstić information content (AvgIpc) is 3.11. The smallest absolute Gasteiger partial charge is 0.321 e. The predicted octanol–water partition coefficient (Wildman–Crippen LogP) is 3.44. The van der Waals surface area contributed by atoms with Gasteiger partial charge in [0.1, 0.15) is 11.6 Å². The number of aromatic nitrogens is 2. The van der Waals surface area contributed by atoms with Crippen LogP contribution in [-0.2, 0) is 6.42 Å². The molecule has 7 nitrogen and oxygen atoms in total. The monoisotopic (exact) mass is 382 g/mol. The number of hydrogen-bond acceptors (Lipinski definition) is 5. The lowest BCUT2D eigenvalue weighted by Gasteiger charge is -2.36. The molecule has 0 atom stereocenters. The van der Waals surface area contributed by atoms with E-state index >= 15 is 0 Å². The lowest BCUT2D eigenvalue weighted by molar-refractivity contribution is 0.147. The molecule has 0 bridgehead atoms. The summed E-state index contributed by atoms with van der Waals surface area (Å²) >= 11 is 0. The van der Waals surface area contributed by atoms with Crippen molar-refractivity contribution < 1.29 is 18.4 Å². The summed E-state index contributed by atoms with van der Waals surface area (Å²) in [5, 5.41) is 6.77. The van der Waals surface area contributed by atoms with Gasteiger partial charge in [0.05, 0.1) is 13.0 Å². The van der Waals surface area contributed by atoms with Crippen molar-refractivity contribution in [3.63, 3.8) is 0 Å². The van der Waals surface area contributed by atoms with Crippen molar-refractivity contribution in [3.8, 4) is 5.75 Å². The van der Waals surface area contributed by atoms with Crippen molar-refractivity contribution in [2.24, 2.45) is 0 Å². The number of benzene rings is 2. The molecule has 0 saturated carbocycles. The average molecular weight is 382 g/mol. The number of hydrogen-bond donors (Lipinski definition) is 1. The molecule has 2 aromatic carbocycles. The Bertz CT molecular complexity index is 968. The lowest BCUT2D eigenvalue weighted by atomic mass is 10.0. The van der Waals surface area contributed by atoms with Gasteiger partial charge < -0.3 is 19.5 Å². The molecule has 0 radical (unpaired) electrons. The number of nitrogens with zero attached hydrogens (tertiary/aromatic N) is 3. The molecule has 1 fully saturated rings. The summed E-state index contributed by atoms with van der Waals surface area (Å²) in [5.41, 5.74) is 1.53. The van der Waals surface area contributed by atoms with E-state index in [9.17, 15) is 9.18 Å². The third-order valence-electron chi connectivity index (χ3n) is 4.64. The molecule has 2 amide bonds. The van der Waals surface area contributed by atoms with Gasteiger partial charge in [-0.15, -0.1) is 0 Å². The van der Waals surface area contributed by atoms with Crippen LogP contribution in [0.2, 0.25) is 0 Å². The van der Waals surface area contributed by atoms with Gasteiger partial charge in [0.15, 0.2) is 5.82 Å². The van der Waals surface area contributed by atoms with Crippen LogP contribution >= 0.6 is 0 Å². The molecule has 1 N–H and O–H groups in total. The number of para-hydroxylation sites is 1. The van der Waals surface area contributed by atoms with E-state index in [1.165, 1.54) is 24.3 Å². The number of urea groups is 1. The van der Waals surface area contributed by atoms with Crippen LogP contribution in [0.3, 0.4) is 0 Å². The molecule has 1 saturated heterocycles. The van der Waals surface area contributed by atoms with Gasteiger partial charge in [-0.3, -0.25) is 0 Å². The minimum absolute atomic E-state index is 0.0119. The maximum absolute atomic E-state index is 12.9. The highest BCUT2D eigenvalue weighted by Gasteiger charge is 2.35. The number of rotatable bonds is 5. The van der Waals surface area contributed by atoms with Crippen LogP contribution in [0.25, 0.3) is 0 Å². The van der Waals surface area contributed by atoms with Gasteiger partial charge in [-0.25, -0.2) is 9.18 Å². The summed E-state index contributed by atoms with van der Waals surface area (Å²) in [6, 6.07) is 13.1. The van der Waals surface area contributed by atoms with E-state index in [2.05, 4.69) is 15.5 Å². The van der Waals surface area contributed by atoms with Crippen molar-refractivity contribution in [2.75, 3.05) is 25.5 Å². The molecule has 0 spiro atoms. The standard InChI is InChI=1S/C20H19FN4O3/c1-27-17-5-3-2-4-13(17)10-18-23-19(28-24-18)14-11-25(12-14)20(26)22-16-8-6-15(21)7-9-16/h2-9,14H,10-12H2,1H3,(H,22,26). The Labute approximate surface area is 161 Å². The zero-order chi connectivity index (χ0) is 19.5. The highest BCUT2D eigenvalue weighted by molar-refractivity contribution is 5.89. The number of anilines is 1. The molecule has 4 rings (SSSR count). The van der Waals surface area contributed by atoms with E-state index in [0.717, 1.165) is 11.3 Å². The number of halogens is 1. The van der Waals surface area contributed by atoms with Gasteiger partial charge in [-0.05, 0) is 30.3 Å². The Morgan fingerprint density at radius 1 is 1.25 bits per heavy atom. The van der Waals surface area contributed by atoms with Crippen LogP contribution in [0.15, 0.2) is 53.1 Å². The first-order valence-corrected chi connectivity index (χ1v) is 8.88. The minimum Gasteiger partial charge on any atom is -0.496 e. The fourth-order valence-electron chi connectivity index (χ4n) is 3.06. The van der Waals surface area contributed by atoms with E-state index in [4.69, 9.17) is 9.26 Å². The maximum atomic E-state index is 12.9. The van der Waals surface area contributed by atoms with Crippen LogP contribution in [-0.4, -0.2) is 41.3 Å². The zero-order valence-corrected chi connectivity index (χ0v) is 15.3. The van der Waals surface area contributed by atoms with Gasteiger partial charge >= 0.3 is 6.03 Å². The van der Waals surface area contributed by atoms with Crippen molar-refractivity contribution in [2.45, 2.75) is 12.3 Å². The van der Waals surface area contributed by atoms with Gasteiger partial charge in [-0.1, -0.05) is 23.4 Å². The Morgan fingerprint density at radius 3 is 2.75 bits per heavy atom. The molecule has 28 heavy (non-hydrogen) atoms. The number of carbonyl (C=O) groups is 1. The first-order valence-electron chi connectivity index (χ1n) is 8.88. The van der Waals surface area contributed by atoms with E-state index in [0.29, 0.717) is 36.9 Å². The topological polar surface area (TPSA) is 80.5 Å². The first kappa shape index (κ1) is 18.0. The summed E-state index contributed by atoms with van der Waals surface area (Å²) in [7, 11) is 1.63. The van der Waals surface area contributed by atoms with E-state index in [1.54, 1.807) is 12.0 Å². The molecule has 0 unspecified atom stereocenters. The molecule has 0 aliphatic carbocycles. The number of nitrogens with one attached hydrogen (secondary N) is 1. The van der Waals surface area contributed by atoms with Gasteiger partial charge in [0, 0.05) is 30.8 Å². The molecule has 144 valence electrons.